The molecule has 0 saturated heterocycles. The number of aromatic nitrogens is 3. The first-order valence-electron chi connectivity index (χ1n) is 21.4. The van der Waals surface area contributed by atoms with Crippen LogP contribution >= 0.6 is 0 Å². The minimum absolute atomic E-state index is 0.383. The Balaban J connectivity index is 0.950. The van der Waals surface area contributed by atoms with Gasteiger partial charge in [0.2, 0.25) is 0 Å². The Morgan fingerprint density at radius 3 is 1.70 bits per heavy atom. The first kappa shape index (κ1) is 36.6. The minimum atomic E-state index is -0.383. The maximum absolute atomic E-state index is 6.23. The van der Waals surface area contributed by atoms with E-state index >= 15 is 0 Å². The molecule has 0 unspecified atom stereocenters. The third kappa shape index (κ3) is 5.51. The summed E-state index contributed by atoms with van der Waals surface area (Å²) in [5, 5.41) is 0.980. The summed E-state index contributed by atoms with van der Waals surface area (Å²) in [7, 11) is 0. The zero-order valence-corrected chi connectivity index (χ0v) is 34.6. The lowest BCUT2D eigenvalue weighted by Crippen LogP contribution is -2.25. The van der Waals surface area contributed by atoms with Crippen molar-refractivity contribution in [2.24, 2.45) is 0 Å². The molecule has 296 valence electrons. The van der Waals surface area contributed by atoms with E-state index in [4.69, 9.17) is 19.4 Å². The largest absolute Gasteiger partial charge is 0.456 e. The average molecular weight is 806 g/mol. The third-order valence-corrected chi connectivity index (χ3v) is 12.9. The van der Waals surface area contributed by atoms with Crippen LogP contribution in [0.3, 0.4) is 0 Å². The highest BCUT2D eigenvalue weighted by Gasteiger charge is 2.51. The van der Waals surface area contributed by atoms with Gasteiger partial charge in [-0.3, -0.25) is 0 Å². The second-order valence-electron chi connectivity index (χ2n) is 16.2. The van der Waals surface area contributed by atoms with Gasteiger partial charge in [-0.15, -0.1) is 0 Å². The molecule has 1 spiro atoms. The van der Waals surface area contributed by atoms with E-state index in [9.17, 15) is 0 Å². The van der Waals surface area contributed by atoms with Crippen molar-refractivity contribution in [3.63, 3.8) is 0 Å². The van der Waals surface area contributed by atoms with Crippen molar-refractivity contribution >= 4 is 22.6 Å². The summed E-state index contributed by atoms with van der Waals surface area (Å²) in [5.74, 6) is 2.44. The van der Waals surface area contributed by atoms with Gasteiger partial charge >= 0.3 is 0 Å². The molecule has 0 amide bonds. The van der Waals surface area contributed by atoms with Gasteiger partial charge in [-0.05, 0) is 91.9 Å². The number of para-hydroxylation sites is 1. The summed E-state index contributed by atoms with van der Waals surface area (Å²) < 4.78 is 6.23. The Bertz CT molecular complexity index is 3440. The van der Waals surface area contributed by atoms with Crippen LogP contribution in [0.2, 0.25) is 0 Å². The number of rotatable bonds is 7. The SMILES string of the molecule is C=Cc1oc2ccccc2c1/C(=C\C)c1nc(-c2ccccc2)nc(-c2ccc(-c3cccc(-c4cccc5c4-c4ccccc4C54c5ccccc5-c5ccccc54)c3)cc2)n1. The summed E-state index contributed by atoms with van der Waals surface area (Å²) >= 11 is 0. The van der Waals surface area contributed by atoms with Crippen molar-refractivity contribution in [2.45, 2.75) is 12.3 Å². The predicted molar refractivity (Wildman–Crippen MR) is 257 cm³/mol. The lowest BCUT2D eigenvalue weighted by molar-refractivity contribution is 0.603. The van der Waals surface area contributed by atoms with Gasteiger partial charge in [0.1, 0.15) is 11.3 Å². The Morgan fingerprint density at radius 2 is 1.00 bits per heavy atom. The predicted octanol–water partition coefficient (Wildman–Crippen LogP) is 14.7. The van der Waals surface area contributed by atoms with E-state index in [1.165, 1.54) is 55.6 Å². The smallest absolute Gasteiger partial charge is 0.164 e. The van der Waals surface area contributed by atoms with E-state index in [1.54, 1.807) is 6.08 Å². The monoisotopic (exact) mass is 805 g/mol. The number of furan rings is 1. The molecule has 0 radical (unpaired) electrons. The molecule has 2 aliphatic rings. The van der Waals surface area contributed by atoms with Gasteiger partial charge in [0.15, 0.2) is 17.5 Å². The Morgan fingerprint density at radius 1 is 0.476 bits per heavy atom. The van der Waals surface area contributed by atoms with Crippen LogP contribution in [0.25, 0.3) is 89.9 Å². The first-order chi connectivity index (χ1) is 31.1. The van der Waals surface area contributed by atoms with Crippen molar-refractivity contribution in [2.75, 3.05) is 0 Å². The van der Waals surface area contributed by atoms with E-state index in [2.05, 4.69) is 152 Å². The number of allylic oxidation sites excluding steroid dienone is 1. The zero-order valence-electron chi connectivity index (χ0n) is 34.6. The highest BCUT2D eigenvalue weighted by atomic mass is 16.3. The average Bonchev–Trinajstić information content (AvgIpc) is 3.99. The molecule has 2 aliphatic carbocycles. The van der Waals surface area contributed by atoms with Crippen LogP contribution in [0.15, 0.2) is 211 Å². The van der Waals surface area contributed by atoms with E-state index in [1.807, 2.05) is 61.5 Å². The molecule has 8 aromatic carbocycles. The molecule has 0 N–H and O–H groups in total. The van der Waals surface area contributed by atoms with Crippen LogP contribution in [0.4, 0.5) is 0 Å². The summed E-state index contributed by atoms with van der Waals surface area (Å²) in [6.45, 7) is 6.07. The second kappa shape index (κ2) is 14.5. The topological polar surface area (TPSA) is 51.8 Å². The molecule has 0 saturated carbocycles. The minimum Gasteiger partial charge on any atom is -0.456 e. The number of hydrogen-bond acceptors (Lipinski definition) is 4. The standard InChI is InChI=1S/C59H39N3O/c1-3-42(55-47-25-11-15-31-53(47)63-52(55)4-2)58-61-56(38-18-6-5-7-19-38)60-57(62-58)39-34-32-37(33-35-39)40-20-16-21-41(36-40)43-26-17-30-51-54(43)46-24-10-14-29-50(46)59(51)48-27-12-8-22-44(48)45-23-9-13-28-49(45)59/h3-36H,2H2,1H3/b42-3+. The summed E-state index contributed by atoms with van der Waals surface area (Å²) in [4.78, 5) is 15.2. The van der Waals surface area contributed by atoms with Gasteiger partial charge in [0.25, 0.3) is 0 Å². The van der Waals surface area contributed by atoms with E-state index in [0.717, 1.165) is 44.4 Å². The zero-order chi connectivity index (χ0) is 42.1. The Hall–Kier alpha value is -8.21. The molecule has 0 atom stereocenters. The van der Waals surface area contributed by atoms with Crippen LogP contribution in [-0.4, -0.2) is 15.0 Å². The first-order valence-corrected chi connectivity index (χ1v) is 21.4. The van der Waals surface area contributed by atoms with Gasteiger partial charge in [-0.2, -0.15) is 0 Å². The quantitative estimate of drug-likeness (QED) is 0.161. The van der Waals surface area contributed by atoms with Crippen molar-refractivity contribution in [3.05, 3.63) is 246 Å². The summed E-state index contributed by atoms with van der Waals surface area (Å²) in [6.07, 6.45) is 3.79. The summed E-state index contributed by atoms with van der Waals surface area (Å²) in [5.41, 5.74) is 19.2. The molecule has 4 heteroatoms. The van der Waals surface area contributed by atoms with Gasteiger partial charge < -0.3 is 4.42 Å². The van der Waals surface area contributed by atoms with Gasteiger partial charge in [0, 0.05) is 27.6 Å². The van der Waals surface area contributed by atoms with E-state index in [0.29, 0.717) is 23.2 Å². The normalized spacial score (nSPS) is 13.1. The molecule has 0 fully saturated rings. The fraction of sp³-hybridized carbons (Fsp3) is 0.0339. The van der Waals surface area contributed by atoms with Crippen LogP contribution in [0, 0.1) is 0 Å². The molecule has 12 rings (SSSR count). The number of hydrogen-bond donors (Lipinski definition) is 0. The molecule has 4 nitrogen and oxygen atoms in total. The maximum Gasteiger partial charge on any atom is 0.164 e. The molecule has 0 aliphatic heterocycles. The Labute approximate surface area is 366 Å². The fourth-order valence-corrected chi connectivity index (χ4v) is 10.3. The van der Waals surface area contributed by atoms with Crippen LogP contribution < -0.4 is 0 Å². The lowest BCUT2D eigenvalue weighted by atomic mass is 9.70. The number of nitrogens with zero attached hydrogens (tertiary/aromatic N) is 3. The van der Waals surface area contributed by atoms with E-state index < -0.39 is 0 Å². The van der Waals surface area contributed by atoms with Crippen LogP contribution in [0.1, 0.15) is 46.3 Å². The molecule has 0 bridgehead atoms. The van der Waals surface area contributed by atoms with E-state index in [-0.39, 0.29) is 5.41 Å². The Kier molecular flexibility index (Phi) is 8.41. The van der Waals surface area contributed by atoms with Crippen LogP contribution in [-0.2, 0) is 5.41 Å². The summed E-state index contributed by atoms with van der Waals surface area (Å²) in [6, 6.07) is 69.4. The molecular weight excluding hydrogens is 767 g/mol. The van der Waals surface area contributed by atoms with Crippen molar-refractivity contribution in [1.29, 1.82) is 0 Å². The van der Waals surface area contributed by atoms with Crippen molar-refractivity contribution in [1.82, 2.24) is 15.0 Å². The number of benzene rings is 8. The third-order valence-electron chi connectivity index (χ3n) is 12.9. The fourth-order valence-electron chi connectivity index (χ4n) is 10.3. The van der Waals surface area contributed by atoms with Gasteiger partial charge in [0.05, 0.1) is 5.41 Å². The van der Waals surface area contributed by atoms with Crippen LogP contribution in [0.5, 0.6) is 0 Å². The van der Waals surface area contributed by atoms with Crippen molar-refractivity contribution in [3.8, 4) is 67.3 Å². The molecular formula is C59H39N3O. The molecule has 2 heterocycles. The van der Waals surface area contributed by atoms with Gasteiger partial charge in [-0.25, -0.2) is 15.0 Å². The molecule has 10 aromatic rings. The second-order valence-corrected chi connectivity index (χ2v) is 16.2. The highest BCUT2D eigenvalue weighted by Crippen LogP contribution is 2.64. The maximum atomic E-state index is 6.23. The highest BCUT2D eigenvalue weighted by molar-refractivity contribution is 6.01. The number of fused-ring (bicyclic) bond motifs is 11. The van der Waals surface area contributed by atoms with Crippen molar-refractivity contribution < 1.29 is 4.42 Å². The van der Waals surface area contributed by atoms with Gasteiger partial charge in [-0.1, -0.05) is 195 Å². The lowest BCUT2D eigenvalue weighted by Gasteiger charge is -2.30. The molecule has 63 heavy (non-hydrogen) atoms. The molecule has 2 aromatic heterocycles.